The van der Waals surface area contributed by atoms with Crippen molar-refractivity contribution in [2.24, 2.45) is 0 Å². The summed E-state index contributed by atoms with van der Waals surface area (Å²) in [7, 11) is 0. The lowest BCUT2D eigenvalue weighted by atomic mass is 10.1. The predicted molar refractivity (Wildman–Crippen MR) is 77.4 cm³/mol. The van der Waals surface area contributed by atoms with Crippen molar-refractivity contribution in [2.45, 2.75) is 19.3 Å². The minimum absolute atomic E-state index is 0.141. The van der Waals surface area contributed by atoms with Crippen molar-refractivity contribution in [1.29, 1.82) is 0 Å². The SMILES string of the molecule is CCn1cc(C(=O)O)c2cc(-c3noc(CCl)n3)ccc21. The van der Waals surface area contributed by atoms with Gasteiger partial charge < -0.3 is 14.2 Å². The summed E-state index contributed by atoms with van der Waals surface area (Å²) >= 11 is 5.63. The summed E-state index contributed by atoms with van der Waals surface area (Å²) < 4.78 is 6.86. The molecule has 0 aliphatic carbocycles. The largest absolute Gasteiger partial charge is 0.478 e. The van der Waals surface area contributed by atoms with Gasteiger partial charge >= 0.3 is 5.97 Å². The van der Waals surface area contributed by atoms with Gasteiger partial charge in [0.25, 0.3) is 0 Å². The van der Waals surface area contributed by atoms with Crippen molar-refractivity contribution in [3.05, 3.63) is 35.9 Å². The van der Waals surface area contributed by atoms with E-state index in [0.29, 0.717) is 29.2 Å². The number of carboxylic acids is 1. The van der Waals surface area contributed by atoms with Crippen LogP contribution in [0.15, 0.2) is 28.9 Å². The molecule has 1 aromatic carbocycles. The van der Waals surface area contributed by atoms with E-state index in [-0.39, 0.29) is 11.4 Å². The van der Waals surface area contributed by atoms with Gasteiger partial charge in [0.05, 0.1) is 5.56 Å². The molecule has 0 bridgehead atoms. The molecule has 0 saturated carbocycles. The second kappa shape index (κ2) is 5.21. The number of rotatable bonds is 4. The summed E-state index contributed by atoms with van der Waals surface area (Å²) in [6.07, 6.45) is 1.64. The van der Waals surface area contributed by atoms with Gasteiger partial charge in [-0.3, -0.25) is 0 Å². The van der Waals surface area contributed by atoms with E-state index in [2.05, 4.69) is 10.1 Å². The van der Waals surface area contributed by atoms with Gasteiger partial charge in [-0.1, -0.05) is 5.16 Å². The molecule has 0 atom stereocenters. The number of fused-ring (bicyclic) bond motifs is 1. The Morgan fingerprint density at radius 3 is 2.90 bits per heavy atom. The fourth-order valence-electron chi connectivity index (χ4n) is 2.29. The maximum atomic E-state index is 11.4. The number of alkyl halides is 1. The van der Waals surface area contributed by atoms with E-state index < -0.39 is 5.97 Å². The van der Waals surface area contributed by atoms with E-state index in [0.717, 1.165) is 5.52 Å². The predicted octanol–water partition coefficient (Wildman–Crippen LogP) is 3.15. The monoisotopic (exact) mass is 305 g/mol. The van der Waals surface area contributed by atoms with Crippen LogP contribution in [-0.2, 0) is 12.4 Å². The molecule has 6 nitrogen and oxygen atoms in total. The van der Waals surface area contributed by atoms with Crippen LogP contribution in [0, 0.1) is 0 Å². The second-order valence-corrected chi connectivity index (χ2v) is 4.78. The molecular formula is C14H12ClN3O3. The highest BCUT2D eigenvalue weighted by atomic mass is 35.5. The normalized spacial score (nSPS) is 11.1. The van der Waals surface area contributed by atoms with Crippen molar-refractivity contribution in [2.75, 3.05) is 0 Å². The van der Waals surface area contributed by atoms with Crippen LogP contribution in [0.2, 0.25) is 0 Å². The van der Waals surface area contributed by atoms with E-state index in [1.54, 1.807) is 12.3 Å². The standard InChI is InChI=1S/C14H12ClN3O3/c1-2-18-7-10(14(19)20)9-5-8(3-4-11(9)18)13-16-12(6-15)21-17-13/h3-5,7H,2,6H2,1H3,(H,19,20). The summed E-state index contributed by atoms with van der Waals surface area (Å²) in [5, 5.41) is 13.8. The van der Waals surface area contributed by atoms with Gasteiger partial charge in [0, 0.05) is 29.2 Å². The number of carboxylic acid groups (broad SMARTS) is 1. The van der Waals surface area contributed by atoms with Crippen molar-refractivity contribution >= 4 is 28.5 Å². The average molecular weight is 306 g/mol. The Kier molecular flexibility index (Phi) is 3.39. The number of hydrogen-bond acceptors (Lipinski definition) is 4. The lowest BCUT2D eigenvalue weighted by Crippen LogP contribution is -1.94. The van der Waals surface area contributed by atoms with Gasteiger partial charge in [-0.05, 0) is 25.1 Å². The highest BCUT2D eigenvalue weighted by Gasteiger charge is 2.16. The lowest BCUT2D eigenvalue weighted by Gasteiger charge is -2.01. The first kappa shape index (κ1) is 13.6. The molecule has 0 saturated heterocycles. The first-order chi connectivity index (χ1) is 10.1. The summed E-state index contributed by atoms with van der Waals surface area (Å²) in [5.74, 6) is -0.0923. The molecule has 0 spiro atoms. The number of aromatic carboxylic acids is 1. The van der Waals surface area contributed by atoms with Crippen molar-refractivity contribution in [1.82, 2.24) is 14.7 Å². The minimum atomic E-state index is -0.959. The third-order valence-corrected chi connectivity index (χ3v) is 3.52. The van der Waals surface area contributed by atoms with Crippen molar-refractivity contribution in [3.8, 4) is 11.4 Å². The summed E-state index contributed by atoms with van der Waals surface area (Å²) in [4.78, 5) is 15.5. The van der Waals surface area contributed by atoms with E-state index in [1.165, 1.54) is 0 Å². The molecule has 1 N–H and O–H groups in total. The zero-order valence-electron chi connectivity index (χ0n) is 11.2. The highest BCUT2D eigenvalue weighted by Crippen LogP contribution is 2.27. The Balaban J connectivity index is 2.18. The van der Waals surface area contributed by atoms with Crippen LogP contribution in [0.25, 0.3) is 22.3 Å². The molecule has 0 unspecified atom stereocenters. The number of nitrogens with zero attached hydrogens (tertiary/aromatic N) is 3. The van der Waals surface area contributed by atoms with Gasteiger partial charge in [-0.15, -0.1) is 11.6 Å². The number of aryl methyl sites for hydroxylation is 1. The maximum Gasteiger partial charge on any atom is 0.337 e. The number of carbonyl (C=O) groups is 1. The summed E-state index contributed by atoms with van der Waals surface area (Å²) in [6, 6.07) is 5.45. The Morgan fingerprint density at radius 2 is 2.29 bits per heavy atom. The van der Waals surface area contributed by atoms with Gasteiger partial charge in [-0.2, -0.15) is 4.98 Å². The Hall–Kier alpha value is -2.34. The highest BCUT2D eigenvalue weighted by molar-refractivity contribution is 6.16. The molecule has 0 fully saturated rings. The smallest absolute Gasteiger partial charge is 0.337 e. The van der Waals surface area contributed by atoms with Crippen LogP contribution in [0.1, 0.15) is 23.2 Å². The first-order valence-corrected chi connectivity index (χ1v) is 6.92. The average Bonchev–Trinajstić information content (AvgIpc) is 3.10. The zero-order valence-corrected chi connectivity index (χ0v) is 12.0. The molecule has 2 heterocycles. The molecule has 3 rings (SSSR count). The number of halogens is 1. The van der Waals surface area contributed by atoms with Gasteiger partial charge in [0.1, 0.15) is 5.88 Å². The third-order valence-electron chi connectivity index (χ3n) is 3.29. The van der Waals surface area contributed by atoms with Crippen LogP contribution >= 0.6 is 11.6 Å². The fraction of sp³-hybridized carbons (Fsp3) is 0.214. The number of hydrogen-bond donors (Lipinski definition) is 1. The summed E-state index contributed by atoms with van der Waals surface area (Å²) in [5.41, 5.74) is 1.81. The molecule has 7 heteroatoms. The van der Waals surface area contributed by atoms with Crippen LogP contribution in [-0.4, -0.2) is 25.8 Å². The Morgan fingerprint density at radius 1 is 1.48 bits per heavy atom. The van der Waals surface area contributed by atoms with Crippen LogP contribution in [0.4, 0.5) is 0 Å². The minimum Gasteiger partial charge on any atom is -0.478 e. The summed E-state index contributed by atoms with van der Waals surface area (Å²) in [6.45, 7) is 2.66. The molecule has 0 radical (unpaired) electrons. The van der Waals surface area contributed by atoms with Crippen LogP contribution in [0.5, 0.6) is 0 Å². The zero-order chi connectivity index (χ0) is 15.0. The van der Waals surface area contributed by atoms with E-state index in [1.807, 2.05) is 23.6 Å². The molecule has 3 aromatic rings. The molecule has 0 aliphatic heterocycles. The van der Waals surface area contributed by atoms with Crippen LogP contribution < -0.4 is 0 Å². The van der Waals surface area contributed by atoms with E-state index in [9.17, 15) is 9.90 Å². The van der Waals surface area contributed by atoms with Crippen molar-refractivity contribution in [3.63, 3.8) is 0 Å². The number of benzene rings is 1. The van der Waals surface area contributed by atoms with Gasteiger partial charge in [-0.25, -0.2) is 4.79 Å². The number of aromatic nitrogens is 3. The maximum absolute atomic E-state index is 11.4. The fourth-order valence-corrected chi connectivity index (χ4v) is 2.40. The molecular weight excluding hydrogens is 294 g/mol. The molecule has 0 aliphatic rings. The Labute approximate surface area is 124 Å². The van der Waals surface area contributed by atoms with Crippen LogP contribution in [0.3, 0.4) is 0 Å². The first-order valence-electron chi connectivity index (χ1n) is 6.39. The van der Waals surface area contributed by atoms with E-state index in [4.69, 9.17) is 16.1 Å². The molecule has 2 aromatic heterocycles. The Bertz CT molecular complexity index is 822. The molecule has 21 heavy (non-hydrogen) atoms. The van der Waals surface area contributed by atoms with Crippen molar-refractivity contribution < 1.29 is 14.4 Å². The van der Waals surface area contributed by atoms with E-state index >= 15 is 0 Å². The quantitative estimate of drug-likeness (QED) is 0.749. The molecule has 0 amide bonds. The van der Waals surface area contributed by atoms with Gasteiger partial charge in [0.2, 0.25) is 11.7 Å². The lowest BCUT2D eigenvalue weighted by molar-refractivity contribution is 0.0699. The molecule has 108 valence electrons. The third kappa shape index (κ3) is 2.27. The topological polar surface area (TPSA) is 81.2 Å². The van der Waals surface area contributed by atoms with Gasteiger partial charge in [0.15, 0.2) is 0 Å². The second-order valence-electron chi connectivity index (χ2n) is 4.51.